The van der Waals surface area contributed by atoms with Gasteiger partial charge in [-0.2, -0.15) is 0 Å². The quantitative estimate of drug-likeness (QED) is 0.582. The van der Waals surface area contributed by atoms with Gasteiger partial charge < -0.3 is 4.74 Å². The first-order valence-corrected chi connectivity index (χ1v) is 11.3. The van der Waals surface area contributed by atoms with Crippen LogP contribution in [0.5, 0.6) is 0 Å². The number of carbonyl (C=O) groups is 2. The van der Waals surface area contributed by atoms with Crippen molar-refractivity contribution in [2.45, 2.75) is 93.1 Å². The molecule has 4 aliphatic rings. The van der Waals surface area contributed by atoms with Crippen LogP contribution in [-0.2, 0) is 14.3 Å². The summed E-state index contributed by atoms with van der Waals surface area (Å²) in [5.41, 5.74) is -0.582. The number of Topliss-reactive ketones (excluding diaryl/α,β-unsaturated/α-hetero) is 2. The van der Waals surface area contributed by atoms with Gasteiger partial charge in [-0.1, -0.05) is 27.7 Å². The molecule has 0 amide bonds. The van der Waals surface area contributed by atoms with Crippen molar-refractivity contribution >= 4 is 11.6 Å². The van der Waals surface area contributed by atoms with Crippen molar-refractivity contribution in [1.29, 1.82) is 0 Å². The molecule has 0 unspecified atom stereocenters. The topological polar surface area (TPSA) is 43.4 Å². The maximum Gasteiger partial charge on any atom is 0.175 e. The third-order valence-corrected chi connectivity index (χ3v) is 8.74. The Hall–Kier alpha value is -1.12. The summed E-state index contributed by atoms with van der Waals surface area (Å²) >= 11 is 0. The molecule has 2 fully saturated rings. The Balaban J connectivity index is 1.83. The Labute approximate surface area is 170 Å². The molecule has 0 saturated heterocycles. The molecule has 0 N–H and O–H groups in total. The molecule has 4 atom stereocenters. The van der Waals surface area contributed by atoms with Gasteiger partial charge in [0.15, 0.2) is 11.6 Å². The number of hydrogen-bond acceptors (Lipinski definition) is 3. The molecule has 0 radical (unpaired) electrons. The summed E-state index contributed by atoms with van der Waals surface area (Å²) in [6.45, 7) is 16.7. The highest BCUT2D eigenvalue weighted by Crippen LogP contribution is 2.75. The Kier molecular flexibility index (Phi) is 4.13. The number of ketones is 2. The van der Waals surface area contributed by atoms with E-state index in [1.807, 2.05) is 13.8 Å². The summed E-state index contributed by atoms with van der Waals surface area (Å²) in [5, 5.41) is 0. The van der Waals surface area contributed by atoms with E-state index in [0.29, 0.717) is 23.2 Å². The van der Waals surface area contributed by atoms with Crippen LogP contribution in [0.1, 0.15) is 87.5 Å². The normalized spacial score (nSPS) is 40.8. The molecule has 0 aromatic carbocycles. The number of ether oxygens (including phenoxy) is 1. The van der Waals surface area contributed by atoms with E-state index in [4.69, 9.17) is 4.74 Å². The van der Waals surface area contributed by atoms with Crippen molar-refractivity contribution in [1.82, 2.24) is 0 Å². The second-order valence-corrected chi connectivity index (χ2v) is 12.0. The van der Waals surface area contributed by atoms with E-state index in [-0.39, 0.29) is 23.1 Å². The molecule has 1 spiro atoms. The minimum atomic E-state index is -0.956. The highest BCUT2D eigenvalue weighted by molar-refractivity contribution is 6.19. The van der Waals surface area contributed by atoms with Crippen molar-refractivity contribution in [3.8, 4) is 0 Å². The molecule has 156 valence electrons. The summed E-state index contributed by atoms with van der Waals surface area (Å²) in [7, 11) is 0. The fourth-order valence-corrected chi connectivity index (χ4v) is 7.07. The van der Waals surface area contributed by atoms with Crippen molar-refractivity contribution < 1.29 is 14.3 Å². The van der Waals surface area contributed by atoms with E-state index in [9.17, 15) is 9.59 Å². The molecule has 1 heterocycles. The lowest BCUT2D eigenvalue weighted by Crippen LogP contribution is -2.55. The summed E-state index contributed by atoms with van der Waals surface area (Å²) in [5.74, 6) is 2.72. The molecule has 0 aromatic rings. The Morgan fingerprint density at radius 1 is 0.964 bits per heavy atom. The fraction of sp³-hybridized carbons (Fsp3) is 0.840. The Bertz CT molecular complexity index is 769. The molecule has 3 aliphatic carbocycles. The van der Waals surface area contributed by atoms with Crippen molar-refractivity contribution in [3.63, 3.8) is 0 Å². The number of fused-ring (bicyclic) bond motifs is 2. The van der Waals surface area contributed by atoms with E-state index in [0.717, 1.165) is 30.6 Å². The Morgan fingerprint density at radius 2 is 1.61 bits per heavy atom. The number of rotatable bonds is 3. The van der Waals surface area contributed by atoms with Gasteiger partial charge in [-0.3, -0.25) is 9.59 Å². The van der Waals surface area contributed by atoms with Gasteiger partial charge in [-0.15, -0.1) is 0 Å². The first-order valence-electron chi connectivity index (χ1n) is 11.3. The van der Waals surface area contributed by atoms with Crippen LogP contribution in [-0.4, -0.2) is 17.2 Å². The predicted octanol–water partition coefficient (Wildman–Crippen LogP) is 5.72. The molecule has 0 aromatic heterocycles. The monoisotopic (exact) mass is 386 g/mol. The van der Waals surface area contributed by atoms with Crippen LogP contribution in [0.4, 0.5) is 0 Å². The van der Waals surface area contributed by atoms with Gasteiger partial charge in [-0.25, -0.2) is 0 Å². The highest BCUT2D eigenvalue weighted by Gasteiger charge is 2.73. The molecule has 3 heteroatoms. The highest BCUT2D eigenvalue weighted by atomic mass is 16.5. The molecule has 3 nitrogen and oxygen atoms in total. The lowest BCUT2D eigenvalue weighted by atomic mass is 9.59. The van der Waals surface area contributed by atoms with Crippen LogP contribution in [0, 0.1) is 39.9 Å². The van der Waals surface area contributed by atoms with Gasteiger partial charge >= 0.3 is 0 Å². The summed E-state index contributed by atoms with van der Waals surface area (Å²) in [6, 6.07) is 0. The molecule has 0 bridgehead atoms. The first-order chi connectivity index (χ1) is 12.8. The van der Waals surface area contributed by atoms with E-state index in [1.165, 1.54) is 12.8 Å². The molecular weight excluding hydrogens is 348 g/mol. The molecule has 2 saturated carbocycles. The number of hydrogen-bond donors (Lipinski definition) is 0. The van der Waals surface area contributed by atoms with Crippen LogP contribution >= 0.6 is 0 Å². The standard InChI is InChI=1S/C25H38O3/c1-14(2)11-16-12-25(10-9-24(15(3)4)13-17(24)25)28-20-18(16)19(26)22(5,6)21(27)23(20,7)8/h14-17H,9-13H2,1-8H3/t16-,17+,24-,25+/m1/s1. The molecule has 28 heavy (non-hydrogen) atoms. The smallest absolute Gasteiger partial charge is 0.175 e. The van der Waals surface area contributed by atoms with Crippen LogP contribution in [0.25, 0.3) is 0 Å². The number of carbonyl (C=O) groups excluding carboxylic acids is 2. The predicted molar refractivity (Wildman–Crippen MR) is 111 cm³/mol. The summed E-state index contributed by atoms with van der Waals surface area (Å²) in [6.07, 6.45) is 5.49. The lowest BCUT2D eigenvalue weighted by molar-refractivity contribution is -0.152. The first kappa shape index (κ1) is 20.2. The van der Waals surface area contributed by atoms with Gasteiger partial charge in [0.05, 0.1) is 10.8 Å². The van der Waals surface area contributed by atoms with E-state index < -0.39 is 10.8 Å². The van der Waals surface area contributed by atoms with Crippen molar-refractivity contribution in [3.05, 3.63) is 11.3 Å². The zero-order valence-corrected chi connectivity index (χ0v) is 19.1. The molecular formula is C25H38O3. The van der Waals surface area contributed by atoms with Gasteiger partial charge in [0, 0.05) is 11.5 Å². The van der Waals surface area contributed by atoms with Gasteiger partial charge in [0.2, 0.25) is 0 Å². The molecule has 1 aliphatic heterocycles. The van der Waals surface area contributed by atoms with Gasteiger partial charge in [0.1, 0.15) is 11.4 Å². The zero-order chi connectivity index (χ0) is 20.9. The van der Waals surface area contributed by atoms with Crippen LogP contribution in [0.2, 0.25) is 0 Å². The van der Waals surface area contributed by atoms with Crippen LogP contribution in [0.3, 0.4) is 0 Å². The summed E-state index contributed by atoms with van der Waals surface area (Å²) < 4.78 is 6.87. The number of allylic oxidation sites excluding steroid dienone is 2. The molecule has 4 rings (SSSR count). The fourth-order valence-electron chi connectivity index (χ4n) is 7.07. The van der Waals surface area contributed by atoms with E-state index in [1.54, 1.807) is 13.8 Å². The van der Waals surface area contributed by atoms with E-state index >= 15 is 0 Å². The second kappa shape index (κ2) is 5.73. The Morgan fingerprint density at radius 3 is 2.11 bits per heavy atom. The van der Waals surface area contributed by atoms with Crippen LogP contribution in [0.15, 0.2) is 11.3 Å². The van der Waals surface area contributed by atoms with Gasteiger partial charge in [-0.05, 0) is 83.0 Å². The minimum Gasteiger partial charge on any atom is -0.490 e. The third-order valence-electron chi connectivity index (χ3n) is 8.74. The average Bonchev–Trinajstić information content (AvgIpc) is 3.27. The average molecular weight is 387 g/mol. The largest absolute Gasteiger partial charge is 0.490 e. The van der Waals surface area contributed by atoms with Crippen molar-refractivity contribution in [2.24, 2.45) is 39.9 Å². The SMILES string of the molecule is CC(C)C[C@@H]1C[C@]2(CC[C@]3(C(C)C)C[C@H]23)OC2=C1C(=O)C(C)(C)C(=O)C2(C)C. The second-order valence-electron chi connectivity index (χ2n) is 12.0. The zero-order valence-electron chi connectivity index (χ0n) is 19.1. The third kappa shape index (κ3) is 2.40. The van der Waals surface area contributed by atoms with E-state index in [2.05, 4.69) is 27.7 Å². The minimum absolute atomic E-state index is 0.00742. The van der Waals surface area contributed by atoms with Gasteiger partial charge in [0.25, 0.3) is 0 Å². The maximum atomic E-state index is 13.5. The van der Waals surface area contributed by atoms with Crippen LogP contribution < -0.4 is 0 Å². The maximum absolute atomic E-state index is 13.5. The lowest BCUT2D eigenvalue weighted by Gasteiger charge is -2.50. The summed E-state index contributed by atoms with van der Waals surface area (Å²) in [4.78, 5) is 26.8. The van der Waals surface area contributed by atoms with Crippen molar-refractivity contribution in [2.75, 3.05) is 0 Å².